The van der Waals surface area contributed by atoms with Gasteiger partial charge in [-0.15, -0.1) is 0 Å². The van der Waals surface area contributed by atoms with Crippen LogP contribution in [0.3, 0.4) is 0 Å². The van der Waals surface area contributed by atoms with E-state index in [1.165, 1.54) is 16.8 Å². The van der Waals surface area contributed by atoms with Crippen LogP contribution in [-0.4, -0.2) is 29.8 Å². The van der Waals surface area contributed by atoms with E-state index in [2.05, 4.69) is 34.9 Å². The van der Waals surface area contributed by atoms with Crippen molar-refractivity contribution in [3.8, 4) is 5.75 Å². The number of hydrogen-bond acceptors (Lipinski definition) is 4. The first kappa shape index (κ1) is 20.1. The standard InChI is InChI=1S/C26H20ClN3O2/c27-21-6-3-7-22(31)23(21)26(32)30-18-11-8-17(9-12-18)24-20-13-10-16-4-1-2-5-19(16)25(20)29-15-14-28-24/h1-13,29,31H,14-15H2,(H,30,32). The van der Waals surface area contributed by atoms with E-state index < -0.39 is 5.91 Å². The normalized spacial score (nSPS) is 13.0. The maximum Gasteiger partial charge on any atom is 0.260 e. The molecule has 1 amide bonds. The Balaban J connectivity index is 1.45. The lowest BCUT2D eigenvalue weighted by atomic mass is 9.96. The second-order valence-corrected chi connectivity index (χ2v) is 7.94. The molecule has 4 aromatic carbocycles. The quantitative estimate of drug-likeness (QED) is 0.381. The molecule has 0 bridgehead atoms. The van der Waals surface area contributed by atoms with Crippen LogP contribution in [0.1, 0.15) is 21.5 Å². The van der Waals surface area contributed by atoms with Crippen LogP contribution in [-0.2, 0) is 0 Å². The van der Waals surface area contributed by atoms with Crippen molar-refractivity contribution < 1.29 is 9.90 Å². The predicted octanol–water partition coefficient (Wildman–Crippen LogP) is 5.71. The summed E-state index contributed by atoms with van der Waals surface area (Å²) in [5.41, 5.74) is 4.67. The van der Waals surface area contributed by atoms with E-state index in [-0.39, 0.29) is 16.3 Å². The van der Waals surface area contributed by atoms with Gasteiger partial charge in [-0.3, -0.25) is 9.79 Å². The monoisotopic (exact) mass is 441 g/mol. The van der Waals surface area contributed by atoms with Gasteiger partial charge in [-0.2, -0.15) is 0 Å². The van der Waals surface area contributed by atoms with Gasteiger partial charge in [0.05, 0.1) is 23.0 Å². The first-order valence-corrected chi connectivity index (χ1v) is 10.7. The molecule has 158 valence electrons. The highest BCUT2D eigenvalue weighted by molar-refractivity contribution is 6.35. The lowest BCUT2D eigenvalue weighted by molar-refractivity contribution is 0.102. The van der Waals surface area contributed by atoms with Gasteiger partial charge in [0, 0.05) is 28.7 Å². The summed E-state index contributed by atoms with van der Waals surface area (Å²) in [6.45, 7) is 1.43. The minimum atomic E-state index is -0.464. The topological polar surface area (TPSA) is 73.7 Å². The van der Waals surface area contributed by atoms with Gasteiger partial charge in [-0.1, -0.05) is 66.2 Å². The lowest BCUT2D eigenvalue weighted by Crippen LogP contribution is -2.13. The summed E-state index contributed by atoms with van der Waals surface area (Å²) in [4.78, 5) is 17.4. The number of aliphatic imine (C=N–C) groups is 1. The maximum absolute atomic E-state index is 12.6. The molecule has 5 nitrogen and oxygen atoms in total. The molecule has 0 aliphatic carbocycles. The number of phenols is 1. The molecule has 0 radical (unpaired) electrons. The Labute approximate surface area is 190 Å². The molecule has 4 aromatic rings. The molecule has 0 saturated carbocycles. The van der Waals surface area contributed by atoms with E-state index in [9.17, 15) is 9.90 Å². The third kappa shape index (κ3) is 3.67. The zero-order valence-corrected chi connectivity index (χ0v) is 17.9. The minimum Gasteiger partial charge on any atom is -0.507 e. The zero-order chi connectivity index (χ0) is 22.1. The molecule has 5 rings (SSSR count). The molecule has 0 spiro atoms. The second-order valence-electron chi connectivity index (χ2n) is 7.53. The Morgan fingerprint density at radius 2 is 1.78 bits per heavy atom. The number of carbonyl (C=O) groups excluding carboxylic acids is 1. The van der Waals surface area contributed by atoms with Crippen molar-refractivity contribution >= 4 is 45.4 Å². The van der Waals surface area contributed by atoms with Crippen LogP contribution < -0.4 is 10.6 Å². The molecule has 3 N–H and O–H groups in total. The van der Waals surface area contributed by atoms with Gasteiger partial charge >= 0.3 is 0 Å². The molecule has 32 heavy (non-hydrogen) atoms. The molecule has 0 unspecified atom stereocenters. The molecule has 1 aliphatic heterocycles. The number of aromatic hydroxyl groups is 1. The molecule has 0 atom stereocenters. The Kier molecular flexibility index (Phi) is 5.25. The summed E-state index contributed by atoms with van der Waals surface area (Å²) in [6, 6.07) is 24.6. The molecule has 0 aromatic heterocycles. The number of anilines is 2. The summed E-state index contributed by atoms with van der Waals surface area (Å²) < 4.78 is 0. The Morgan fingerprint density at radius 3 is 2.59 bits per heavy atom. The molecule has 1 heterocycles. The van der Waals surface area contributed by atoms with Gasteiger partial charge in [0.25, 0.3) is 5.91 Å². The first-order valence-electron chi connectivity index (χ1n) is 10.3. The van der Waals surface area contributed by atoms with Gasteiger partial charge < -0.3 is 15.7 Å². The summed E-state index contributed by atoms with van der Waals surface area (Å²) in [7, 11) is 0. The van der Waals surface area contributed by atoms with Crippen LogP contribution in [0.25, 0.3) is 10.8 Å². The van der Waals surface area contributed by atoms with Crippen molar-refractivity contribution in [3.05, 3.63) is 101 Å². The van der Waals surface area contributed by atoms with Crippen molar-refractivity contribution in [2.75, 3.05) is 23.7 Å². The number of amides is 1. The molecular formula is C26H20ClN3O2. The van der Waals surface area contributed by atoms with Gasteiger partial charge in [-0.05, 0) is 29.7 Å². The van der Waals surface area contributed by atoms with Crippen molar-refractivity contribution in [1.82, 2.24) is 0 Å². The van der Waals surface area contributed by atoms with E-state index in [1.54, 1.807) is 12.1 Å². The molecule has 1 aliphatic rings. The summed E-state index contributed by atoms with van der Waals surface area (Å²) in [5.74, 6) is -0.621. The van der Waals surface area contributed by atoms with Gasteiger partial charge in [0.15, 0.2) is 0 Å². The number of halogens is 1. The van der Waals surface area contributed by atoms with Gasteiger partial charge in [0.2, 0.25) is 0 Å². The predicted molar refractivity (Wildman–Crippen MR) is 130 cm³/mol. The number of benzene rings is 4. The third-order valence-electron chi connectivity index (χ3n) is 5.50. The highest BCUT2D eigenvalue weighted by atomic mass is 35.5. The SMILES string of the molecule is O=C(Nc1ccc(C2=NCCNc3c2ccc2ccccc32)cc1)c1c(O)cccc1Cl. The van der Waals surface area contributed by atoms with E-state index >= 15 is 0 Å². The minimum absolute atomic E-state index is 0.0540. The van der Waals surface area contributed by atoms with E-state index in [0.29, 0.717) is 12.2 Å². The number of nitrogens with one attached hydrogen (secondary N) is 2. The number of phenolic OH excluding ortho intramolecular Hbond substituents is 1. The number of carbonyl (C=O) groups is 1. The Morgan fingerprint density at radius 1 is 0.969 bits per heavy atom. The lowest BCUT2D eigenvalue weighted by Gasteiger charge is -2.14. The summed E-state index contributed by atoms with van der Waals surface area (Å²) >= 11 is 6.08. The fourth-order valence-corrected chi connectivity index (χ4v) is 4.24. The summed E-state index contributed by atoms with van der Waals surface area (Å²) in [5, 5.41) is 18.8. The average Bonchev–Trinajstić information content (AvgIpc) is 3.02. The van der Waals surface area contributed by atoms with Crippen molar-refractivity contribution in [3.63, 3.8) is 0 Å². The van der Waals surface area contributed by atoms with Crippen LogP contribution >= 0.6 is 11.6 Å². The summed E-state index contributed by atoms with van der Waals surface area (Å²) in [6.07, 6.45) is 0. The fourth-order valence-electron chi connectivity index (χ4n) is 3.98. The number of nitrogens with zero attached hydrogens (tertiary/aromatic N) is 1. The van der Waals surface area contributed by atoms with E-state index in [1.807, 2.05) is 36.4 Å². The zero-order valence-electron chi connectivity index (χ0n) is 17.1. The van der Waals surface area contributed by atoms with Crippen LogP contribution in [0.15, 0.2) is 83.9 Å². The Bertz CT molecular complexity index is 1340. The largest absolute Gasteiger partial charge is 0.507 e. The Hall–Kier alpha value is -3.83. The highest BCUT2D eigenvalue weighted by Gasteiger charge is 2.18. The van der Waals surface area contributed by atoms with Gasteiger partial charge in [0.1, 0.15) is 11.3 Å². The number of hydrogen-bond donors (Lipinski definition) is 3. The van der Waals surface area contributed by atoms with E-state index in [4.69, 9.17) is 16.6 Å². The fraction of sp³-hybridized carbons (Fsp3) is 0.0769. The molecule has 0 fully saturated rings. The van der Waals surface area contributed by atoms with Crippen LogP contribution in [0.4, 0.5) is 11.4 Å². The second kappa shape index (κ2) is 8.36. The maximum atomic E-state index is 12.6. The molecule has 0 saturated heterocycles. The van der Waals surface area contributed by atoms with Gasteiger partial charge in [-0.25, -0.2) is 0 Å². The molecule has 6 heteroatoms. The number of rotatable bonds is 3. The van der Waals surface area contributed by atoms with Crippen molar-refractivity contribution in [2.24, 2.45) is 4.99 Å². The average molecular weight is 442 g/mol. The van der Waals surface area contributed by atoms with E-state index in [0.717, 1.165) is 29.1 Å². The highest BCUT2D eigenvalue weighted by Crippen LogP contribution is 2.31. The number of fused-ring (bicyclic) bond motifs is 3. The van der Waals surface area contributed by atoms with Crippen LogP contribution in [0.5, 0.6) is 5.75 Å². The van der Waals surface area contributed by atoms with Crippen LogP contribution in [0, 0.1) is 0 Å². The smallest absolute Gasteiger partial charge is 0.260 e. The van der Waals surface area contributed by atoms with Crippen LogP contribution in [0.2, 0.25) is 5.02 Å². The third-order valence-corrected chi connectivity index (χ3v) is 5.82. The van der Waals surface area contributed by atoms with Crippen molar-refractivity contribution in [2.45, 2.75) is 0 Å². The first-order chi connectivity index (χ1) is 15.6. The molecular weight excluding hydrogens is 422 g/mol. The van der Waals surface area contributed by atoms with Crippen molar-refractivity contribution in [1.29, 1.82) is 0 Å².